The Balaban J connectivity index is 1.96. The quantitative estimate of drug-likeness (QED) is 0.801. The van der Waals surface area contributed by atoms with Gasteiger partial charge in [0.15, 0.2) is 5.69 Å². The van der Waals surface area contributed by atoms with Crippen LogP contribution in [0.2, 0.25) is 0 Å². The molecule has 1 saturated carbocycles. The molecule has 0 saturated heterocycles. The van der Waals surface area contributed by atoms with Crippen LogP contribution >= 0.6 is 15.9 Å². The molecule has 20 heavy (non-hydrogen) atoms. The summed E-state index contributed by atoms with van der Waals surface area (Å²) in [6.07, 6.45) is 2.23. The summed E-state index contributed by atoms with van der Waals surface area (Å²) in [5, 5.41) is 6.91. The molecule has 1 unspecified atom stereocenters. The minimum atomic E-state index is -4.41. The van der Waals surface area contributed by atoms with Crippen molar-refractivity contribution in [2.45, 2.75) is 50.7 Å². The van der Waals surface area contributed by atoms with E-state index in [2.05, 4.69) is 26.3 Å². The van der Waals surface area contributed by atoms with Gasteiger partial charge in [-0.05, 0) is 41.1 Å². The van der Waals surface area contributed by atoms with Crippen LogP contribution in [0.4, 0.5) is 19.0 Å². The maximum atomic E-state index is 13.0. The van der Waals surface area contributed by atoms with Gasteiger partial charge in [0, 0.05) is 6.54 Å². The molecule has 3 nitrogen and oxygen atoms in total. The minimum Gasteiger partial charge on any atom is -0.369 e. The van der Waals surface area contributed by atoms with E-state index < -0.39 is 11.9 Å². The molecule has 0 radical (unpaired) electrons. The molecule has 1 fully saturated rings. The van der Waals surface area contributed by atoms with Gasteiger partial charge in [0.25, 0.3) is 0 Å². The van der Waals surface area contributed by atoms with Crippen molar-refractivity contribution in [3.63, 3.8) is 0 Å². The lowest BCUT2D eigenvalue weighted by Crippen LogP contribution is -2.30. The highest BCUT2D eigenvalue weighted by Crippen LogP contribution is 2.44. The smallest absolute Gasteiger partial charge is 0.369 e. The Bertz CT molecular complexity index is 492. The standard InChI is InChI=1S/C13H17BrF3N3/c14-10-11(13(15,16)17)19-20-9(6-7-18-12(10)20)8-4-2-1-3-5-8/h8-9,18H,1-7H2. The third-order valence-electron chi connectivity index (χ3n) is 4.36. The normalized spacial score (nSPS) is 24.3. The lowest BCUT2D eigenvalue weighted by molar-refractivity contribution is -0.142. The molecule has 3 rings (SSSR count). The van der Waals surface area contributed by atoms with Crippen molar-refractivity contribution in [3.05, 3.63) is 10.2 Å². The second-order valence-electron chi connectivity index (χ2n) is 5.63. The lowest BCUT2D eigenvalue weighted by atomic mass is 9.82. The van der Waals surface area contributed by atoms with Crippen LogP contribution in [0.15, 0.2) is 4.47 Å². The largest absolute Gasteiger partial charge is 0.436 e. The number of anilines is 1. The summed E-state index contributed by atoms with van der Waals surface area (Å²) in [6.45, 7) is 0.711. The Morgan fingerprint density at radius 3 is 2.50 bits per heavy atom. The van der Waals surface area contributed by atoms with Crippen LogP contribution in [0, 0.1) is 5.92 Å². The number of halogens is 4. The molecule has 1 aromatic rings. The van der Waals surface area contributed by atoms with E-state index in [1.807, 2.05) is 0 Å². The molecule has 2 heterocycles. The fourth-order valence-corrected chi connectivity index (χ4v) is 4.04. The van der Waals surface area contributed by atoms with Crippen molar-refractivity contribution in [2.24, 2.45) is 5.92 Å². The van der Waals surface area contributed by atoms with Crippen LogP contribution in [0.25, 0.3) is 0 Å². The Hall–Kier alpha value is -0.720. The monoisotopic (exact) mass is 351 g/mol. The van der Waals surface area contributed by atoms with Crippen LogP contribution in [0.5, 0.6) is 0 Å². The first-order valence-electron chi connectivity index (χ1n) is 7.07. The fourth-order valence-electron chi connectivity index (χ4n) is 3.41. The van der Waals surface area contributed by atoms with Crippen molar-refractivity contribution in [1.29, 1.82) is 0 Å². The highest BCUT2D eigenvalue weighted by Gasteiger charge is 2.41. The highest BCUT2D eigenvalue weighted by atomic mass is 79.9. The van der Waals surface area contributed by atoms with E-state index in [0.29, 0.717) is 18.3 Å². The fraction of sp³-hybridized carbons (Fsp3) is 0.769. The Morgan fingerprint density at radius 2 is 1.85 bits per heavy atom. The van der Waals surface area contributed by atoms with Crippen LogP contribution in [-0.4, -0.2) is 16.3 Å². The first-order valence-corrected chi connectivity index (χ1v) is 7.87. The van der Waals surface area contributed by atoms with E-state index >= 15 is 0 Å². The van der Waals surface area contributed by atoms with Gasteiger partial charge in [-0.1, -0.05) is 19.3 Å². The van der Waals surface area contributed by atoms with Gasteiger partial charge >= 0.3 is 6.18 Å². The van der Waals surface area contributed by atoms with Crippen LogP contribution in [0.3, 0.4) is 0 Å². The number of fused-ring (bicyclic) bond motifs is 1. The number of alkyl halides is 3. The lowest BCUT2D eigenvalue weighted by Gasteiger charge is -2.34. The molecule has 7 heteroatoms. The molecule has 1 aromatic heterocycles. The molecular formula is C13H17BrF3N3. The number of nitrogens with zero attached hydrogens (tertiary/aromatic N) is 2. The number of hydrogen-bond donors (Lipinski definition) is 1. The molecular weight excluding hydrogens is 335 g/mol. The predicted molar refractivity (Wildman–Crippen MR) is 73.6 cm³/mol. The van der Waals surface area contributed by atoms with Crippen LogP contribution in [0.1, 0.15) is 50.3 Å². The summed E-state index contributed by atoms with van der Waals surface area (Å²) >= 11 is 3.06. The first kappa shape index (κ1) is 14.2. The molecule has 0 bridgehead atoms. The molecule has 1 aliphatic carbocycles. The van der Waals surface area contributed by atoms with Crippen LogP contribution in [-0.2, 0) is 6.18 Å². The van der Waals surface area contributed by atoms with E-state index in [9.17, 15) is 13.2 Å². The van der Waals surface area contributed by atoms with E-state index in [4.69, 9.17) is 0 Å². The van der Waals surface area contributed by atoms with Crippen molar-refractivity contribution in [2.75, 3.05) is 11.9 Å². The first-order chi connectivity index (χ1) is 9.48. The van der Waals surface area contributed by atoms with Gasteiger partial charge in [-0.25, -0.2) is 4.68 Å². The number of aromatic nitrogens is 2. The summed E-state index contributed by atoms with van der Waals surface area (Å²) in [5.41, 5.74) is -0.817. The summed E-state index contributed by atoms with van der Waals surface area (Å²) < 4.78 is 40.5. The zero-order chi connectivity index (χ0) is 14.3. The average Bonchev–Trinajstić information content (AvgIpc) is 2.77. The summed E-state index contributed by atoms with van der Waals surface area (Å²) in [6, 6.07) is 0.0962. The van der Waals surface area contributed by atoms with E-state index in [-0.39, 0.29) is 10.5 Å². The van der Waals surface area contributed by atoms with Gasteiger partial charge < -0.3 is 5.32 Å². The number of hydrogen-bond acceptors (Lipinski definition) is 2. The van der Waals surface area contributed by atoms with Crippen molar-refractivity contribution < 1.29 is 13.2 Å². The van der Waals surface area contributed by atoms with Crippen molar-refractivity contribution in [1.82, 2.24) is 9.78 Å². The van der Waals surface area contributed by atoms with Gasteiger partial charge in [0.1, 0.15) is 5.82 Å². The highest BCUT2D eigenvalue weighted by molar-refractivity contribution is 9.10. The molecule has 1 aliphatic heterocycles. The summed E-state index contributed by atoms with van der Waals surface area (Å²) in [5.74, 6) is 0.941. The van der Waals surface area contributed by atoms with E-state index in [1.165, 1.54) is 19.3 Å². The topological polar surface area (TPSA) is 29.9 Å². The molecule has 0 aromatic carbocycles. The SMILES string of the molecule is FC(F)(F)c1nn2c(c1Br)NCCC2C1CCCCC1. The molecule has 1 atom stereocenters. The third-order valence-corrected chi connectivity index (χ3v) is 5.11. The van der Waals surface area contributed by atoms with Crippen molar-refractivity contribution in [3.8, 4) is 0 Å². The maximum absolute atomic E-state index is 13.0. The van der Waals surface area contributed by atoms with E-state index in [1.54, 1.807) is 4.68 Å². The average molecular weight is 352 g/mol. The molecule has 0 spiro atoms. The predicted octanol–water partition coefficient (Wildman–Crippen LogP) is 4.60. The Labute approximate surface area is 124 Å². The van der Waals surface area contributed by atoms with Gasteiger partial charge in [-0.2, -0.15) is 18.3 Å². The zero-order valence-electron chi connectivity index (χ0n) is 11.0. The van der Waals surface area contributed by atoms with Gasteiger partial charge in [0.2, 0.25) is 0 Å². The molecule has 0 amide bonds. The molecule has 1 N–H and O–H groups in total. The third kappa shape index (κ3) is 2.44. The zero-order valence-corrected chi connectivity index (χ0v) is 12.6. The summed E-state index contributed by atoms with van der Waals surface area (Å²) in [4.78, 5) is 0. The number of nitrogens with one attached hydrogen (secondary N) is 1. The summed E-state index contributed by atoms with van der Waals surface area (Å²) in [7, 11) is 0. The van der Waals surface area contributed by atoms with E-state index in [0.717, 1.165) is 19.3 Å². The number of rotatable bonds is 1. The van der Waals surface area contributed by atoms with Gasteiger partial charge in [-0.3, -0.25) is 0 Å². The molecule has 112 valence electrons. The Kier molecular flexibility index (Phi) is 3.73. The van der Waals surface area contributed by atoms with Gasteiger partial charge in [-0.15, -0.1) is 0 Å². The molecule has 2 aliphatic rings. The van der Waals surface area contributed by atoms with Gasteiger partial charge in [0.05, 0.1) is 10.5 Å². The second-order valence-corrected chi connectivity index (χ2v) is 6.43. The Morgan fingerprint density at radius 1 is 1.15 bits per heavy atom. The minimum absolute atomic E-state index is 0.0468. The van der Waals surface area contributed by atoms with Crippen molar-refractivity contribution >= 4 is 21.7 Å². The maximum Gasteiger partial charge on any atom is 0.436 e. The van der Waals surface area contributed by atoms with Crippen LogP contribution < -0.4 is 5.32 Å². The second kappa shape index (κ2) is 5.24.